The fourth-order valence-electron chi connectivity index (χ4n) is 1.91. The largest absolute Gasteiger partial charge is 0.396 e. The molecule has 0 aliphatic carbocycles. The second-order valence-corrected chi connectivity index (χ2v) is 4.77. The first-order valence-corrected chi connectivity index (χ1v) is 6.88. The van der Waals surface area contributed by atoms with Crippen molar-refractivity contribution in [3.63, 3.8) is 0 Å². The number of halogens is 1. The molecule has 0 saturated carbocycles. The molecule has 0 spiro atoms. The summed E-state index contributed by atoms with van der Waals surface area (Å²) in [6.07, 6.45) is 1.56. The summed E-state index contributed by atoms with van der Waals surface area (Å²) in [5.74, 6) is -1.82. The molecule has 0 radical (unpaired) electrons. The molecule has 23 heavy (non-hydrogen) atoms. The molecule has 0 bridgehead atoms. The number of hydrogen-bond donors (Lipinski definition) is 2. The zero-order chi connectivity index (χ0) is 16.8. The van der Waals surface area contributed by atoms with Crippen LogP contribution in [0.2, 0.25) is 0 Å². The zero-order valence-electron chi connectivity index (χ0n) is 12.3. The molecule has 1 aromatic carbocycles. The Morgan fingerprint density at radius 3 is 2.65 bits per heavy atom. The van der Waals surface area contributed by atoms with Gasteiger partial charge < -0.3 is 10.4 Å². The monoisotopic (exact) mass is 314 g/mol. The van der Waals surface area contributed by atoms with E-state index in [1.807, 2.05) is 0 Å². The van der Waals surface area contributed by atoms with Crippen LogP contribution in [0.3, 0.4) is 0 Å². The van der Waals surface area contributed by atoms with Crippen LogP contribution < -0.4 is 5.32 Å². The van der Waals surface area contributed by atoms with Crippen molar-refractivity contribution in [3.05, 3.63) is 71.8 Å². The fraction of sp³-hybridized carbons (Fsp3) is 0.118. The number of nitrogens with one attached hydrogen (secondary N) is 1. The average molecular weight is 314 g/mol. The fourth-order valence-corrected chi connectivity index (χ4v) is 1.91. The van der Waals surface area contributed by atoms with Gasteiger partial charge in [-0.25, -0.2) is 4.39 Å². The van der Waals surface area contributed by atoms with Crippen molar-refractivity contribution < 1.29 is 19.1 Å². The number of ketones is 1. The number of rotatable bonds is 6. The molecule has 1 heterocycles. The first kappa shape index (κ1) is 16.5. The normalized spacial score (nSPS) is 10.2. The van der Waals surface area contributed by atoms with E-state index in [4.69, 9.17) is 5.11 Å². The molecule has 0 unspecified atom stereocenters. The van der Waals surface area contributed by atoms with E-state index in [9.17, 15) is 14.0 Å². The Morgan fingerprint density at radius 1 is 1.26 bits per heavy atom. The Balaban J connectivity index is 2.15. The molecule has 0 fully saturated rings. The van der Waals surface area contributed by atoms with Crippen molar-refractivity contribution in [1.29, 1.82) is 0 Å². The number of benzene rings is 1. The van der Waals surface area contributed by atoms with Gasteiger partial charge in [-0.15, -0.1) is 0 Å². The molecular weight excluding hydrogens is 299 g/mol. The Bertz CT molecular complexity index is 745. The van der Waals surface area contributed by atoms with Gasteiger partial charge in [-0.1, -0.05) is 12.6 Å². The van der Waals surface area contributed by atoms with Gasteiger partial charge in [-0.3, -0.25) is 14.6 Å². The third-order valence-electron chi connectivity index (χ3n) is 3.10. The molecule has 0 atom stereocenters. The quantitative estimate of drug-likeness (QED) is 0.634. The number of Topliss-reactive ketones (excluding diaryl/α,β-unsaturated/α-hetero) is 1. The SMILES string of the molecule is C=C(CCO)C(=O)c1ccc(NC(=O)c2ccccn2)cc1F. The van der Waals surface area contributed by atoms with Gasteiger partial charge in [0.15, 0.2) is 5.78 Å². The van der Waals surface area contributed by atoms with Crippen molar-refractivity contribution in [1.82, 2.24) is 4.98 Å². The van der Waals surface area contributed by atoms with E-state index in [0.29, 0.717) is 0 Å². The van der Waals surface area contributed by atoms with Gasteiger partial charge in [0, 0.05) is 18.5 Å². The third-order valence-corrected chi connectivity index (χ3v) is 3.10. The highest BCUT2D eigenvalue weighted by atomic mass is 19.1. The van der Waals surface area contributed by atoms with Crippen molar-refractivity contribution in [2.45, 2.75) is 6.42 Å². The van der Waals surface area contributed by atoms with Crippen LogP contribution in [0.5, 0.6) is 0 Å². The molecule has 1 amide bonds. The Kier molecular flexibility index (Phi) is 5.32. The molecule has 0 aliphatic rings. The van der Waals surface area contributed by atoms with Crippen LogP contribution in [0.1, 0.15) is 27.3 Å². The van der Waals surface area contributed by atoms with Gasteiger partial charge in [0.05, 0.1) is 5.56 Å². The van der Waals surface area contributed by atoms with E-state index >= 15 is 0 Å². The Morgan fingerprint density at radius 2 is 2.04 bits per heavy atom. The van der Waals surface area contributed by atoms with E-state index in [-0.39, 0.29) is 35.5 Å². The summed E-state index contributed by atoms with van der Waals surface area (Å²) in [4.78, 5) is 27.8. The molecule has 5 nitrogen and oxygen atoms in total. The van der Waals surface area contributed by atoms with Crippen LogP contribution in [-0.4, -0.2) is 28.4 Å². The predicted molar refractivity (Wildman–Crippen MR) is 83.8 cm³/mol. The summed E-state index contributed by atoms with van der Waals surface area (Å²) in [5.41, 5.74) is 0.378. The molecular formula is C17H15FN2O3. The minimum atomic E-state index is -0.770. The van der Waals surface area contributed by atoms with Crippen molar-refractivity contribution in [3.8, 4) is 0 Å². The minimum absolute atomic E-state index is 0.0798. The van der Waals surface area contributed by atoms with Crippen molar-refractivity contribution >= 4 is 17.4 Å². The van der Waals surface area contributed by atoms with Crippen molar-refractivity contribution in [2.75, 3.05) is 11.9 Å². The number of pyridine rings is 1. The summed E-state index contributed by atoms with van der Waals surface area (Å²) < 4.78 is 14.1. The summed E-state index contributed by atoms with van der Waals surface area (Å²) in [6, 6.07) is 8.62. The lowest BCUT2D eigenvalue weighted by molar-refractivity contribution is 0.101. The predicted octanol–water partition coefficient (Wildman–Crippen LogP) is 2.59. The van der Waals surface area contributed by atoms with Gasteiger partial charge in [-0.05, 0) is 42.3 Å². The molecule has 0 saturated heterocycles. The lowest BCUT2D eigenvalue weighted by atomic mass is 10.0. The highest BCUT2D eigenvalue weighted by Crippen LogP contribution is 2.18. The number of amides is 1. The maximum atomic E-state index is 14.1. The summed E-state index contributed by atoms with van der Waals surface area (Å²) in [6.45, 7) is 3.29. The summed E-state index contributed by atoms with van der Waals surface area (Å²) in [7, 11) is 0. The highest BCUT2D eigenvalue weighted by molar-refractivity contribution is 6.09. The number of anilines is 1. The average Bonchev–Trinajstić information content (AvgIpc) is 2.55. The second-order valence-electron chi connectivity index (χ2n) is 4.77. The van der Waals surface area contributed by atoms with Crippen LogP contribution in [0.25, 0.3) is 0 Å². The lowest BCUT2D eigenvalue weighted by Crippen LogP contribution is -2.14. The van der Waals surface area contributed by atoms with Crippen LogP contribution in [0.4, 0.5) is 10.1 Å². The first-order chi connectivity index (χ1) is 11.0. The molecule has 2 rings (SSSR count). The third kappa shape index (κ3) is 4.08. The second kappa shape index (κ2) is 7.42. The van der Waals surface area contributed by atoms with E-state index in [1.165, 1.54) is 24.4 Å². The molecule has 6 heteroatoms. The Labute approximate surface area is 132 Å². The van der Waals surface area contributed by atoms with E-state index in [0.717, 1.165) is 6.07 Å². The number of carbonyl (C=O) groups is 2. The lowest BCUT2D eigenvalue weighted by Gasteiger charge is -2.08. The minimum Gasteiger partial charge on any atom is -0.396 e. The molecule has 0 aliphatic heterocycles. The van der Waals surface area contributed by atoms with Gasteiger partial charge in [-0.2, -0.15) is 0 Å². The smallest absolute Gasteiger partial charge is 0.274 e. The number of aromatic nitrogens is 1. The maximum absolute atomic E-state index is 14.1. The van der Waals surface area contributed by atoms with E-state index in [1.54, 1.807) is 12.1 Å². The standard InChI is InChI=1S/C17H15FN2O3/c1-11(7-9-21)16(22)13-6-5-12(10-14(13)18)20-17(23)15-4-2-3-8-19-15/h2-6,8,10,21H,1,7,9H2,(H,20,23). The molecule has 2 N–H and O–H groups in total. The topological polar surface area (TPSA) is 79.3 Å². The Hall–Kier alpha value is -2.86. The number of aliphatic hydroxyl groups is 1. The van der Waals surface area contributed by atoms with E-state index < -0.39 is 17.5 Å². The highest BCUT2D eigenvalue weighted by Gasteiger charge is 2.16. The number of hydrogen-bond acceptors (Lipinski definition) is 4. The van der Waals surface area contributed by atoms with Crippen molar-refractivity contribution in [2.24, 2.45) is 0 Å². The maximum Gasteiger partial charge on any atom is 0.274 e. The summed E-state index contributed by atoms with van der Waals surface area (Å²) >= 11 is 0. The molecule has 1 aromatic heterocycles. The summed E-state index contributed by atoms with van der Waals surface area (Å²) in [5, 5.41) is 11.3. The van der Waals surface area contributed by atoms with Gasteiger partial charge in [0.2, 0.25) is 0 Å². The van der Waals surface area contributed by atoms with Crippen LogP contribution in [0, 0.1) is 5.82 Å². The first-order valence-electron chi connectivity index (χ1n) is 6.88. The van der Waals surface area contributed by atoms with E-state index in [2.05, 4.69) is 16.9 Å². The van der Waals surface area contributed by atoms with Crippen LogP contribution in [0.15, 0.2) is 54.7 Å². The number of aliphatic hydroxyl groups excluding tert-OH is 1. The zero-order valence-corrected chi connectivity index (χ0v) is 12.3. The number of carbonyl (C=O) groups excluding carboxylic acids is 2. The molecule has 118 valence electrons. The van der Waals surface area contributed by atoms with Gasteiger partial charge in [0.1, 0.15) is 11.5 Å². The molecule has 2 aromatic rings. The van der Waals surface area contributed by atoms with Crippen LogP contribution >= 0.6 is 0 Å². The van der Waals surface area contributed by atoms with Gasteiger partial charge in [0.25, 0.3) is 5.91 Å². The van der Waals surface area contributed by atoms with Crippen LogP contribution in [-0.2, 0) is 0 Å². The van der Waals surface area contributed by atoms with Gasteiger partial charge >= 0.3 is 0 Å². The number of nitrogens with zero attached hydrogens (tertiary/aromatic N) is 1.